The third kappa shape index (κ3) is 5.83. The van der Waals surface area contributed by atoms with Gasteiger partial charge in [-0.05, 0) is 12.5 Å². The first-order chi connectivity index (χ1) is 8.38. The second kappa shape index (κ2) is 9.18. The van der Waals surface area contributed by atoms with Crippen molar-refractivity contribution < 1.29 is 18.6 Å². The van der Waals surface area contributed by atoms with Crippen molar-refractivity contribution in [3.8, 4) is 0 Å². The van der Waals surface area contributed by atoms with Crippen molar-refractivity contribution >= 4 is 0 Å². The summed E-state index contributed by atoms with van der Waals surface area (Å²) in [5, 5.41) is 0. The molecule has 0 bridgehead atoms. The lowest BCUT2D eigenvalue weighted by Crippen LogP contribution is -2.07. The van der Waals surface area contributed by atoms with Crippen molar-refractivity contribution in [2.45, 2.75) is 19.6 Å². The molecule has 0 aromatic carbocycles. The van der Waals surface area contributed by atoms with E-state index in [0.717, 1.165) is 24.4 Å². The van der Waals surface area contributed by atoms with Gasteiger partial charge in [-0.2, -0.15) is 0 Å². The van der Waals surface area contributed by atoms with E-state index in [9.17, 15) is 0 Å². The van der Waals surface area contributed by atoms with Gasteiger partial charge in [-0.1, -0.05) is 0 Å². The van der Waals surface area contributed by atoms with Crippen LogP contribution >= 0.6 is 0 Å². The first kappa shape index (κ1) is 14.2. The van der Waals surface area contributed by atoms with Crippen molar-refractivity contribution in [1.82, 2.24) is 0 Å². The lowest BCUT2D eigenvalue weighted by molar-refractivity contribution is 0.0333. The Morgan fingerprint density at radius 2 is 2.00 bits per heavy atom. The highest BCUT2D eigenvalue weighted by Gasteiger charge is 2.03. The van der Waals surface area contributed by atoms with Gasteiger partial charge in [-0.3, -0.25) is 0 Å². The van der Waals surface area contributed by atoms with E-state index in [1.807, 2.05) is 6.07 Å². The molecule has 0 aliphatic rings. The van der Waals surface area contributed by atoms with E-state index in [0.29, 0.717) is 33.0 Å². The Bertz CT molecular complexity index is 288. The molecular formula is C12H21NO4. The zero-order valence-electron chi connectivity index (χ0n) is 10.3. The zero-order valence-corrected chi connectivity index (χ0v) is 10.3. The smallest absolute Gasteiger partial charge is 0.122 e. The van der Waals surface area contributed by atoms with Gasteiger partial charge in [0.15, 0.2) is 0 Å². The van der Waals surface area contributed by atoms with Crippen molar-refractivity contribution in [3.63, 3.8) is 0 Å². The number of nitrogens with two attached hydrogens (primary N) is 1. The maximum absolute atomic E-state index is 5.51. The van der Waals surface area contributed by atoms with Crippen molar-refractivity contribution in [1.29, 1.82) is 0 Å². The lowest BCUT2D eigenvalue weighted by atomic mass is 10.2. The van der Waals surface area contributed by atoms with E-state index in [1.54, 1.807) is 13.4 Å². The fourth-order valence-electron chi connectivity index (χ4n) is 1.38. The van der Waals surface area contributed by atoms with Gasteiger partial charge in [-0.15, -0.1) is 0 Å². The van der Waals surface area contributed by atoms with Gasteiger partial charge in [0, 0.05) is 25.9 Å². The van der Waals surface area contributed by atoms with Crippen LogP contribution in [0.25, 0.3) is 0 Å². The monoisotopic (exact) mass is 243 g/mol. The molecule has 5 nitrogen and oxygen atoms in total. The van der Waals surface area contributed by atoms with Crippen LogP contribution in [0.15, 0.2) is 16.7 Å². The number of furan rings is 1. The van der Waals surface area contributed by atoms with Crippen LogP contribution in [0.1, 0.15) is 17.7 Å². The highest BCUT2D eigenvalue weighted by Crippen LogP contribution is 2.10. The second-order valence-electron chi connectivity index (χ2n) is 3.58. The van der Waals surface area contributed by atoms with Gasteiger partial charge in [0.05, 0.1) is 32.6 Å². The first-order valence-electron chi connectivity index (χ1n) is 5.78. The molecule has 1 aromatic rings. The molecule has 0 amide bonds. The molecule has 98 valence electrons. The van der Waals surface area contributed by atoms with Crippen LogP contribution in [-0.2, 0) is 27.4 Å². The van der Waals surface area contributed by atoms with Gasteiger partial charge < -0.3 is 24.4 Å². The minimum Gasteiger partial charge on any atom is -0.468 e. The number of methoxy groups -OCH3 is 1. The summed E-state index contributed by atoms with van der Waals surface area (Å²) < 4.78 is 20.9. The molecule has 0 saturated heterocycles. The van der Waals surface area contributed by atoms with E-state index in [-0.39, 0.29) is 0 Å². The van der Waals surface area contributed by atoms with Gasteiger partial charge in [-0.25, -0.2) is 0 Å². The average Bonchev–Trinajstić information content (AvgIpc) is 2.80. The van der Waals surface area contributed by atoms with Crippen LogP contribution < -0.4 is 5.73 Å². The van der Waals surface area contributed by atoms with Crippen molar-refractivity contribution in [3.05, 3.63) is 23.7 Å². The maximum atomic E-state index is 5.51. The third-order valence-electron chi connectivity index (χ3n) is 2.29. The van der Waals surface area contributed by atoms with E-state index in [2.05, 4.69) is 0 Å². The Hall–Kier alpha value is -0.880. The summed E-state index contributed by atoms with van der Waals surface area (Å²) in [6.07, 6.45) is 2.54. The van der Waals surface area contributed by atoms with Gasteiger partial charge in [0.25, 0.3) is 0 Å². The minimum atomic E-state index is 0.402. The predicted molar refractivity (Wildman–Crippen MR) is 63.6 cm³/mol. The molecule has 0 radical (unpaired) electrons. The molecule has 0 unspecified atom stereocenters. The van der Waals surface area contributed by atoms with Gasteiger partial charge in [0.2, 0.25) is 0 Å². The van der Waals surface area contributed by atoms with Gasteiger partial charge >= 0.3 is 0 Å². The molecule has 0 saturated carbocycles. The number of hydrogen-bond acceptors (Lipinski definition) is 5. The third-order valence-corrected chi connectivity index (χ3v) is 2.29. The molecule has 1 aromatic heterocycles. The number of rotatable bonds is 10. The van der Waals surface area contributed by atoms with Crippen LogP contribution in [0.3, 0.4) is 0 Å². The summed E-state index contributed by atoms with van der Waals surface area (Å²) in [6.45, 7) is 3.53. The highest BCUT2D eigenvalue weighted by atomic mass is 16.5. The first-order valence-corrected chi connectivity index (χ1v) is 5.78. The Labute approximate surface area is 102 Å². The van der Waals surface area contributed by atoms with E-state index < -0.39 is 0 Å². The maximum Gasteiger partial charge on any atom is 0.122 e. The normalized spacial score (nSPS) is 10.9. The fraction of sp³-hybridized carbons (Fsp3) is 0.667. The SMILES string of the molecule is COCCCOCCOCc1ccoc1CN. The molecule has 17 heavy (non-hydrogen) atoms. The highest BCUT2D eigenvalue weighted by molar-refractivity contribution is 5.15. The molecule has 0 aliphatic carbocycles. The number of ether oxygens (including phenoxy) is 3. The fourth-order valence-corrected chi connectivity index (χ4v) is 1.38. The molecular weight excluding hydrogens is 222 g/mol. The van der Waals surface area contributed by atoms with E-state index in [4.69, 9.17) is 24.4 Å². The van der Waals surface area contributed by atoms with Crippen molar-refractivity contribution in [2.24, 2.45) is 5.73 Å². The summed E-state index contributed by atoms with van der Waals surface area (Å²) in [6, 6.07) is 1.88. The lowest BCUT2D eigenvalue weighted by Gasteiger charge is -2.05. The quantitative estimate of drug-likeness (QED) is 0.627. The Kier molecular flexibility index (Phi) is 7.66. The second-order valence-corrected chi connectivity index (χ2v) is 3.58. The van der Waals surface area contributed by atoms with Crippen LogP contribution in [0.4, 0.5) is 0 Å². The van der Waals surface area contributed by atoms with E-state index >= 15 is 0 Å². The van der Waals surface area contributed by atoms with Crippen LogP contribution in [0.2, 0.25) is 0 Å². The standard InChI is InChI=1S/C12H21NO4/c1-14-4-2-5-15-7-8-16-10-11-3-6-17-12(11)9-13/h3,6H,2,4-5,7-10,13H2,1H3. The largest absolute Gasteiger partial charge is 0.468 e. The molecule has 1 rings (SSSR count). The minimum absolute atomic E-state index is 0.402. The number of hydrogen-bond donors (Lipinski definition) is 1. The Morgan fingerprint density at radius 3 is 2.76 bits per heavy atom. The molecule has 0 atom stereocenters. The Balaban J connectivity index is 1.97. The summed E-state index contributed by atoms with van der Waals surface area (Å²) in [7, 11) is 1.68. The molecule has 5 heteroatoms. The van der Waals surface area contributed by atoms with E-state index in [1.165, 1.54) is 0 Å². The topological polar surface area (TPSA) is 66.8 Å². The molecule has 0 aliphatic heterocycles. The van der Waals surface area contributed by atoms with Crippen LogP contribution in [0, 0.1) is 0 Å². The molecule has 0 fully saturated rings. The molecule has 1 heterocycles. The Morgan fingerprint density at radius 1 is 1.18 bits per heavy atom. The van der Waals surface area contributed by atoms with Gasteiger partial charge in [0.1, 0.15) is 5.76 Å². The molecule has 0 spiro atoms. The van der Waals surface area contributed by atoms with Crippen LogP contribution in [0.5, 0.6) is 0 Å². The average molecular weight is 243 g/mol. The zero-order chi connectivity index (χ0) is 12.3. The summed E-state index contributed by atoms with van der Waals surface area (Å²) >= 11 is 0. The molecule has 2 N–H and O–H groups in total. The predicted octanol–water partition coefficient (Wildman–Crippen LogP) is 1.31. The summed E-state index contributed by atoms with van der Waals surface area (Å²) in [5.74, 6) is 0.783. The summed E-state index contributed by atoms with van der Waals surface area (Å²) in [5.41, 5.74) is 6.51. The summed E-state index contributed by atoms with van der Waals surface area (Å²) in [4.78, 5) is 0. The van der Waals surface area contributed by atoms with Crippen molar-refractivity contribution in [2.75, 3.05) is 33.5 Å². The van der Waals surface area contributed by atoms with Crippen LogP contribution in [-0.4, -0.2) is 33.5 Å².